The Morgan fingerprint density at radius 3 is 1.71 bits per heavy atom. The summed E-state index contributed by atoms with van der Waals surface area (Å²) in [5, 5.41) is 11.5. The molecule has 0 bridgehead atoms. The maximum Gasteiger partial charge on any atom is 0.143 e. The highest BCUT2D eigenvalue weighted by Crippen LogP contribution is 2.47. The molecule has 0 saturated heterocycles. The molecule has 0 saturated carbocycles. The molecule has 0 aliphatic carbocycles. The first-order valence-electron chi connectivity index (χ1n) is 18.8. The summed E-state index contributed by atoms with van der Waals surface area (Å²) in [5.74, 6) is 0. The molecular formula is C53H34O2. The average molecular weight is 703 g/mol. The lowest BCUT2D eigenvalue weighted by molar-refractivity contribution is 0.670. The van der Waals surface area contributed by atoms with E-state index in [0.717, 1.165) is 76.9 Å². The van der Waals surface area contributed by atoms with Crippen molar-refractivity contribution in [3.8, 4) is 33.4 Å². The molecule has 0 aliphatic heterocycles. The summed E-state index contributed by atoms with van der Waals surface area (Å²) in [6.07, 6.45) is 6.11. The molecule has 55 heavy (non-hydrogen) atoms. The molecule has 11 aromatic rings. The standard InChI is InChI=1S/C53H34O2/c1-3-15-33-29-46-47-31-45(36-18-5-10-24-42(36)53(47)55-49(46)30-32(33)4-2)34-16-13-17-35(28-34)50-38-20-6-8-22-40(38)51(41-23-9-7-21-39(41)50)44-26-14-25-43-37-19-11-12-27-48(37)54-52(43)44/h3-31H,2H2,1H3/b15-3-. The molecule has 0 N–H and O–H groups in total. The van der Waals surface area contributed by atoms with Crippen molar-refractivity contribution in [1.82, 2.24) is 0 Å². The van der Waals surface area contributed by atoms with Gasteiger partial charge in [0.1, 0.15) is 22.3 Å². The second kappa shape index (κ2) is 12.2. The van der Waals surface area contributed by atoms with Gasteiger partial charge in [-0.2, -0.15) is 0 Å². The highest BCUT2D eigenvalue weighted by atomic mass is 16.3. The highest BCUT2D eigenvalue weighted by Gasteiger charge is 2.21. The Hall–Kier alpha value is -7.16. The predicted molar refractivity (Wildman–Crippen MR) is 235 cm³/mol. The maximum atomic E-state index is 6.63. The quantitative estimate of drug-likeness (QED) is 0.167. The molecule has 2 nitrogen and oxygen atoms in total. The van der Waals surface area contributed by atoms with Crippen LogP contribution in [0.2, 0.25) is 0 Å². The Morgan fingerprint density at radius 1 is 0.400 bits per heavy atom. The molecule has 2 heteroatoms. The summed E-state index contributed by atoms with van der Waals surface area (Å²) in [4.78, 5) is 0. The van der Waals surface area contributed by atoms with E-state index in [2.05, 4.69) is 170 Å². The third-order valence-corrected chi connectivity index (χ3v) is 11.3. The molecule has 9 aromatic carbocycles. The van der Waals surface area contributed by atoms with E-state index in [1.807, 2.05) is 19.1 Å². The second-order valence-electron chi connectivity index (χ2n) is 14.3. The van der Waals surface area contributed by atoms with Crippen LogP contribution in [0, 0.1) is 0 Å². The van der Waals surface area contributed by atoms with Crippen LogP contribution in [0.3, 0.4) is 0 Å². The molecule has 0 spiro atoms. The summed E-state index contributed by atoms with van der Waals surface area (Å²) >= 11 is 0. The fraction of sp³-hybridized carbons (Fsp3) is 0.0189. The fourth-order valence-electron chi connectivity index (χ4n) is 8.93. The van der Waals surface area contributed by atoms with Gasteiger partial charge in [-0.1, -0.05) is 152 Å². The predicted octanol–water partition coefficient (Wildman–Crippen LogP) is 15.6. The van der Waals surface area contributed by atoms with Crippen LogP contribution in [0.15, 0.2) is 179 Å². The summed E-state index contributed by atoms with van der Waals surface area (Å²) in [6.45, 7) is 6.12. The molecule has 11 rings (SSSR count). The number of hydrogen-bond donors (Lipinski definition) is 0. The first-order valence-corrected chi connectivity index (χ1v) is 18.8. The van der Waals surface area contributed by atoms with Crippen molar-refractivity contribution < 1.29 is 8.83 Å². The Morgan fingerprint density at radius 2 is 0.982 bits per heavy atom. The van der Waals surface area contributed by atoms with Gasteiger partial charge in [0.25, 0.3) is 0 Å². The minimum atomic E-state index is 0.866. The van der Waals surface area contributed by atoms with E-state index in [0.29, 0.717) is 0 Å². The summed E-state index contributed by atoms with van der Waals surface area (Å²) < 4.78 is 13.3. The van der Waals surface area contributed by atoms with Crippen molar-refractivity contribution in [3.05, 3.63) is 182 Å². The molecular weight excluding hydrogens is 669 g/mol. The third kappa shape index (κ3) is 4.68. The van der Waals surface area contributed by atoms with E-state index >= 15 is 0 Å². The van der Waals surface area contributed by atoms with Crippen molar-refractivity contribution in [2.45, 2.75) is 6.92 Å². The molecule has 258 valence electrons. The fourth-order valence-corrected chi connectivity index (χ4v) is 8.93. The van der Waals surface area contributed by atoms with Crippen LogP contribution in [0.1, 0.15) is 18.1 Å². The Balaban J connectivity index is 1.17. The van der Waals surface area contributed by atoms with Crippen LogP contribution >= 0.6 is 0 Å². The van der Waals surface area contributed by atoms with Crippen LogP contribution in [0.5, 0.6) is 0 Å². The second-order valence-corrected chi connectivity index (χ2v) is 14.3. The van der Waals surface area contributed by atoms with Crippen LogP contribution < -0.4 is 0 Å². The van der Waals surface area contributed by atoms with Crippen LogP contribution in [0.25, 0.3) is 122 Å². The van der Waals surface area contributed by atoms with Crippen molar-refractivity contribution >= 4 is 88.3 Å². The number of allylic oxidation sites excluding steroid dienone is 1. The maximum absolute atomic E-state index is 6.63. The van der Waals surface area contributed by atoms with Gasteiger partial charge in [0.2, 0.25) is 0 Å². The lowest BCUT2D eigenvalue weighted by Gasteiger charge is -2.18. The normalized spacial score (nSPS) is 12.1. The zero-order valence-electron chi connectivity index (χ0n) is 30.3. The van der Waals surface area contributed by atoms with Gasteiger partial charge in [-0.15, -0.1) is 0 Å². The van der Waals surface area contributed by atoms with Crippen LogP contribution in [-0.2, 0) is 0 Å². The average Bonchev–Trinajstić information content (AvgIpc) is 3.80. The molecule has 0 unspecified atom stereocenters. The van der Waals surface area contributed by atoms with E-state index in [1.54, 1.807) is 0 Å². The topological polar surface area (TPSA) is 26.3 Å². The molecule has 2 heterocycles. The van der Waals surface area contributed by atoms with E-state index in [1.165, 1.54) is 43.8 Å². The minimum Gasteiger partial charge on any atom is -0.455 e. The summed E-state index contributed by atoms with van der Waals surface area (Å²) in [6, 6.07) is 56.9. The number of rotatable bonds is 5. The van der Waals surface area contributed by atoms with Gasteiger partial charge in [-0.25, -0.2) is 0 Å². The van der Waals surface area contributed by atoms with E-state index in [4.69, 9.17) is 8.83 Å². The smallest absolute Gasteiger partial charge is 0.143 e. The Bertz CT molecular complexity index is 3350. The van der Waals surface area contributed by atoms with Gasteiger partial charge in [0.15, 0.2) is 0 Å². The summed E-state index contributed by atoms with van der Waals surface area (Å²) in [5.41, 5.74) is 12.8. The number of furan rings is 2. The van der Waals surface area contributed by atoms with Crippen molar-refractivity contribution in [2.75, 3.05) is 0 Å². The first-order chi connectivity index (χ1) is 27.2. The van der Waals surface area contributed by atoms with Gasteiger partial charge >= 0.3 is 0 Å². The zero-order valence-corrected chi connectivity index (χ0v) is 30.3. The molecule has 0 atom stereocenters. The molecule has 0 amide bonds. The van der Waals surface area contributed by atoms with E-state index in [9.17, 15) is 0 Å². The third-order valence-electron chi connectivity index (χ3n) is 11.3. The van der Waals surface area contributed by atoms with Gasteiger partial charge in [-0.3, -0.25) is 0 Å². The van der Waals surface area contributed by atoms with Crippen molar-refractivity contribution in [2.24, 2.45) is 0 Å². The number of benzene rings is 9. The SMILES string of the molecule is C=Cc1cc2oc3c4ccccc4c(-c4cccc(-c5c6ccccc6c(-c6cccc7c6oc6ccccc67)c6ccccc56)c4)cc3c2cc1/C=C\C. The zero-order chi connectivity index (χ0) is 36.6. The molecule has 0 fully saturated rings. The largest absolute Gasteiger partial charge is 0.455 e. The van der Waals surface area contributed by atoms with Crippen molar-refractivity contribution in [1.29, 1.82) is 0 Å². The monoisotopic (exact) mass is 702 g/mol. The lowest BCUT2D eigenvalue weighted by atomic mass is 9.85. The van der Waals surface area contributed by atoms with Crippen LogP contribution in [-0.4, -0.2) is 0 Å². The number of hydrogen-bond acceptors (Lipinski definition) is 2. The van der Waals surface area contributed by atoms with Gasteiger partial charge in [0, 0.05) is 38.1 Å². The Labute approximate surface area is 317 Å². The number of fused-ring (bicyclic) bond motifs is 10. The van der Waals surface area contributed by atoms with Crippen LogP contribution in [0.4, 0.5) is 0 Å². The molecule has 0 radical (unpaired) electrons. The van der Waals surface area contributed by atoms with Gasteiger partial charge < -0.3 is 8.83 Å². The first kappa shape index (κ1) is 31.4. The minimum absolute atomic E-state index is 0.866. The van der Waals surface area contributed by atoms with E-state index in [-0.39, 0.29) is 0 Å². The summed E-state index contributed by atoms with van der Waals surface area (Å²) in [7, 11) is 0. The van der Waals surface area contributed by atoms with Gasteiger partial charge in [0.05, 0.1) is 0 Å². The van der Waals surface area contributed by atoms with Crippen molar-refractivity contribution in [3.63, 3.8) is 0 Å². The number of para-hydroxylation sites is 2. The molecule has 0 aliphatic rings. The van der Waals surface area contributed by atoms with Gasteiger partial charge in [-0.05, 0) is 97.6 Å². The Kier molecular flexibility index (Phi) is 6.96. The molecule has 2 aromatic heterocycles. The van der Waals surface area contributed by atoms with E-state index < -0.39 is 0 Å². The lowest BCUT2D eigenvalue weighted by Crippen LogP contribution is -1.91. The highest BCUT2D eigenvalue weighted by molar-refractivity contribution is 6.25.